The first-order valence-corrected chi connectivity index (χ1v) is 11.3. The van der Waals surface area contributed by atoms with Gasteiger partial charge in [-0.25, -0.2) is 4.79 Å². The Morgan fingerprint density at radius 3 is 2.36 bits per heavy atom. The van der Waals surface area contributed by atoms with Gasteiger partial charge < -0.3 is 20.1 Å². The lowest BCUT2D eigenvalue weighted by Gasteiger charge is -2.24. The van der Waals surface area contributed by atoms with Crippen molar-refractivity contribution in [2.45, 2.75) is 12.3 Å². The number of benzene rings is 2. The minimum Gasteiger partial charge on any atom is -0.481 e. The molecule has 1 aliphatic heterocycles. The Bertz CT molecular complexity index is 1080. The third-order valence-corrected chi connectivity index (χ3v) is 7.06. The Labute approximate surface area is 192 Å². The predicted octanol–water partition coefficient (Wildman–Crippen LogP) is 3.26. The number of aliphatic carboxylic acids is 1. The summed E-state index contributed by atoms with van der Waals surface area (Å²) < 4.78 is 5.48. The first kappa shape index (κ1) is 21.2. The first-order chi connectivity index (χ1) is 16.0. The highest BCUT2D eigenvalue weighted by atomic mass is 16.5. The monoisotopic (exact) mass is 446 g/mol. The molecular weight excluding hydrogens is 420 g/mol. The molecule has 1 saturated carbocycles. The number of rotatable bonds is 6. The van der Waals surface area contributed by atoms with Crippen LogP contribution in [0.1, 0.15) is 23.5 Å². The van der Waals surface area contributed by atoms with Gasteiger partial charge in [0.25, 0.3) is 0 Å². The summed E-state index contributed by atoms with van der Waals surface area (Å²) in [5, 5.41) is 11.8. The molecule has 3 unspecified atom stereocenters. The van der Waals surface area contributed by atoms with E-state index in [1.807, 2.05) is 24.3 Å². The van der Waals surface area contributed by atoms with Gasteiger partial charge in [0, 0.05) is 31.6 Å². The predicted molar refractivity (Wildman–Crippen MR) is 122 cm³/mol. The van der Waals surface area contributed by atoms with Crippen molar-refractivity contribution >= 4 is 18.0 Å². The maximum Gasteiger partial charge on any atom is 0.407 e. The van der Waals surface area contributed by atoms with Gasteiger partial charge >= 0.3 is 12.1 Å². The number of carboxylic acid groups (broad SMARTS) is 1. The number of hydrogen-bond donors (Lipinski definition) is 2. The van der Waals surface area contributed by atoms with Crippen molar-refractivity contribution < 1.29 is 24.2 Å². The van der Waals surface area contributed by atoms with Crippen molar-refractivity contribution in [2.75, 3.05) is 26.2 Å². The van der Waals surface area contributed by atoms with E-state index in [1.165, 1.54) is 17.2 Å². The Hall–Kier alpha value is -3.61. The van der Waals surface area contributed by atoms with Crippen LogP contribution in [0.25, 0.3) is 11.1 Å². The van der Waals surface area contributed by atoms with Gasteiger partial charge in [-0.15, -0.1) is 0 Å². The molecule has 170 valence electrons. The van der Waals surface area contributed by atoms with Crippen molar-refractivity contribution in [3.63, 3.8) is 0 Å². The van der Waals surface area contributed by atoms with Gasteiger partial charge in [-0.05, 0) is 40.5 Å². The SMILES string of the molecule is O=C(NC/C=C/C(=O)N1CCC2C(C1)C2C(=O)O)OCC1c2ccccc2-c2ccccc21. The second kappa shape index (κ2) is 8.73. The number of nitrogens with zero attached hydrogens (tertiary/aromatic N) is 1. The van der Waals surface area contributed by atoms with Crippen LogP contribution in [0, 0.1) is 17.8 Å². The zero-order valence-corrected chi connectivity index (χ0v) is 18.1. The van der Waals surface area contributed by atoms with Crippen LogP contribution in [0.2, 0.25) is 0 Å². The third kappa shape index (κ3) is 4.11. The van der Waals surface area contributed by atoms with E-state index in [-0.39, 0.29) is 42.7 Å². The smallest absolute Gasteiger partial charge is 0.407 e. The van der Waals surface area contributed by atoms with E-state index in [4.69, 9.17) is 4.74 Å². The average Bonchev–Trinajstić information content (AvgIpc) is 3.48. The van der Waals surface area contributed by atoms with Crippen LogP contribution in [0.15, 0.2) is 60.7 Å². The van der Waals surface area contributed by atoms with Crippen LogP contribution in [0.5, 0.6) is 0 Å². The quantitative estimate of drug-likeness (QED) is 0.664. The van der Waals surface area contributed by atoms with Gasteiger partial charge in [-0.3, -0.25) is 9.59 Å². The number of fused-ring (bicyclic) bond motifs is 4. The van der Waals surface area contributed by atoms with E-state index in [9.17, 15) is 19.5 Å². The van der Waals surface area contributed by atoms with Crippen LogP contribution in [0.3, 0.4) is 0 Å². The third-order valence-electron chi connectivity index (χ3n) is 7.06. The lowest BCUT2D eigenvalue weighted by atomic mass is 9.98. The number of hydrogen-bond acceptors (Lipinski definition) is 4. The Morgan fingerprint density at radius 2 is 1.70 bits per heavy atom. The zero-order chi connectivity index (χ0) is 22.9. The van der Waals surface area contributed by atoms with E-state index >= 15 is 0 Å². The number of ether oxygens (including phenoxy) is 1. The van der Waals surface area contributed by atoms with Gasteiger partial charge in [0.1, 0.15) is 6.61 Å². The van der Waals surface area contributed by atoms with Crippen molar-refractivity contribution in [3.05, 3.63) is 71.8 Å². The number of carbonyl (C=O) groups is 3. The molecule has 2 amide bonds. The van der Waals surface area contributed by atoms with Gasteiger partial charge in [0.05, 0.1) is 5.92 Å². The molecule has 0 aromatic heterocycles. The van der Waals surface area contributed by atoms with Crippen molar-refractivity contribution in [3.8, 4) is 11.1 Å². The van der Waals surface area contributed by atoms with Crippen molar-refractivity contribution in [1.82, 2.24) is 10.2 Å². The molecule has 2 aromatic rings. The van der Waals surface area contributed by atoms with Crippen LogP contribution in [0.4, 0.5) is 4.79 Å². The molecule has 1 heterocycles. The average molecular weight is 447 g/mol. The molecule has 0 bridgehead atoms. The number of carboxylic acids is 1. The Morgan fingerprint density at radius 1 is 1.03 bits per heavy atom. The molecule has 2 N–H and O–H groups in total. The lowest BCUT2D eigenvalue weighted by Crippen LogP contribution is -2.36. The summed E-state index contributed by atoms with van der Waals surface area (Å²) in [6.07, 6.45) is 3.23. The molecular formula is C26H26N2O5. The number of alkyl carbamates (subject to hydrolysis) is 1. The molecule has 3 atom stereocenters. The van der Waals surface area contributed by atoms with E-state index in [0.29, 0.717) is 13.1 Å². The summed E-state index contributed by atoms with van der Waals surface area (Å²) in [7, 11) is 0. The van der Waals surface area contributed by atoms with Gasteiger partial charge in [0.2, 0.25) is 5.91 Å². The second-order valence-corrected chi connectivity index (χ2v) is 8.87. The fourth-order valence-corrected chi connectivity index (χ4v) is 5.36. The Kier molecular flexibility index (Phi) is 5.62. The van der Waals surface area contributed by atoms with Crippen molar-refractivity contribution in [1.29, 1.82) is 0 Å². The largest absolute Gasteiger partial charge is 0.481 e. The van der Waals surface area contributed by atoms with Crippen LogP contribution in [-0.4, -0.2) is 54.2 Å². The number of piperidine rings is 1. The topological polar surface area (TPSA) is 95.9 Å². The fraction of sp³-hybridized carbons (Fsp3) is 0.346. The maximum absolute atomic E-state index is 12.4. The van der Waals surface area contributed by atoms with E-state index in [1.54, 1.807) is 11.0 Å². The van der Waals surface area contributed by atoms with Crippen LogP contribution >= 0.6 is 0 Å². The minimum atomic E-state index is -0.762. The summed E-state index contributed by atoms with van der Waals surface area (Å²) in [6, 6.07) is 16.3. The van der Waals surface area contributed by atoms with E-state index in [2.05, 4.69) is 29.6 Å². The highest BCUT2D eigenvalue weighted by molar-refractivity contribution is 5.88. The standard InChI is InChI=1S/C26H26N2O5/c29-23(28-13-11-20-21(14-28)24(20)25(30)31)10-5-12-27-26(32)33-15-22-18-8-3-1-6-16(18)17-7-2-4-9-19(17)22/h1-10,20-22,24H,11-15H2,(H,27,32)(H,30,31)/b10-5+. The molecule has 0 radical (unpaired) electrons. The second-order valence-electron chi connectivity index (χ2n) is 8.87. The zero-order valence-electron chi connectivity index (χ0n) is 18.1. The number of carbonyl (C=O) groups excluding carboxylic acids is 2. The fourth-order valence-electron chi connectivity index (χ4n) is 5.36. The molecule has 1 saturated heterocycles. The molecule has 2 aliphatic carbocycles. The van der Waals surface area contributed by atoms with Crippen LogP contribution in [-0.2, 0) is 14.3 Å². The summed E-state index contributed by atoms with van der Waals surface area (Å²) in [5.41, 5.74) is 4.66. The molecule has 2 fully saturated rings. The van der Waals surface area contributed by atoms with E-state index in [0.717, 1.165) is 17.5 Å². The first-order valence-electron chi connectivity index (χ1n) is 11.3. The summed E-state index contributed by atoms with van der Waals surface area (Å²) in [5.74, 6) is -0.929. The number of amides is 2. The summed E-state index contributed by atoms with van der Waals surface area (Å²) in [4.78, 5) is 37.4. The normalized spacial score (nSPS) is 22.9. The Balaban J connectivity index is 1.09. The van der Waals surface area contributed by atoms with E-state index < -0.39 is 12.1 Å². The molecule has 2 aromatic carbocycles. The number of nitrogens with one attached hydrogen (secondary N) is 1. The van der Waals surface area contributed by atoms with Gasteiger partial charge in [-0.2, -0.15) is 0 Å². The van der Waals surface area contributed by atoms with Gasteiger partial charge in [0.15, 0.2) is 0 Å². The minimum absolute atomic E-state index is 0.000231. The maximum atomic E-state index is 12.4. The van der Waals surface area contributed by atoms with Crippen LogP contribution < -0.4 is 5.32 Å². The number of likely N-dealkylation sites (tertiary alicyclic amines) is 1. The lowest BCUT2D eigenvalue weighted by molar-refractivity contribution is -0.139. The molecule has 3 aliphatic rings. The molecule has 5 rings (SSSR count). The summed E-state index contributed by atoms with van der Waals surface area (Å²) >= 11 is 0. The molecule has 7 nitrogen and oxygen atoms in total. The summed E-state index contributed by atoms with van der Waals surface area (Å²) in [6.45, 7) is 1.49. The highest BCUT2D eigenvalue weighted by Crippen LogP contribution is 2.51. The van der Waals surface area contributed by atoms with Gasteiger partial charge in [-0.1, -0.05) is 54.6 Å². The molecule has 7 heteroatoms. The highest BCUT2D eigenvalue weighted by Gasteiger charge is 2.57. The molecule has 33 heavy (non-hydrogen) atoms. The molecule has 0 spiro atoms. The van der Waals surface area contributed by atoms with Crippen molar-refractivity contribution in [2.24, 2.45) is 17.8 Å².